The first kappa shape index (κ1) is 22.1. The van der Waals surface area contributed by atoms with E-state index in [1.807, 2.05) is 6.07 Å². The van der Waals surface area contributed by atoms with Gasteiger partial charge in [-0.15, -0.1) is 0 Å². The molecule has 0 spiro atoms. The molecule has 1 aliphatic heterocycles. The lowest BCUT2D eigenvalue weighted by Gasteiger charge is -2.17. The van der Waals surface area contributed by atoms with E-state index in [0.29, 0.717) is 28.4 Å². The first-order valence-electron chi connectivity index (χ1n) is 9.97. The normalized spacial score (nSPS) is 13.4. The maximum Gasteiger partial charge on any atom is 0.343 e. The fraction of sp³-hybridized carbons (Fsp3) is 0.0800. The molecule has 0 unspecified atom stereocenters. The van der Waals surface area contributed by atoms with Crippen LogP contribution in [0.1, 0.15) is 15.9 Å². The number of halogens is 1. The van der Waals surface area contributed by atoms with E-state index < -0.39 is 17.8 Å². The van der Waals surface area contributed by atoms with Gasteiger partial charge in [0.2, 0.25) is 0 Å². The fourth-order valence-electron chi connectivity index (χ4n) is 3.34. The zero-order valence-corrected chi connectivity index (χ0v) is 18.6. The van der Waals surface area contributed by atoms with Crippen LogP contribution in [0.25, 0.3) is 0 Å². The van der Waals surface area contributed by atoms with Crippen molar-refractivity contribution in [3.05, 3.63) is 94.7 Å². The maximum atomic E-state index is 12.9. The van der Waals surface area contributed by atoms with Crippen molar-refractivity contribution >= 4 is 40.8 Å². The minimum Gasteiger partial charge on any atom is -0.493 e. The number of anilines is 2. The van der Waals surface area contributed by atoms with E-state index in [1.54, 1.807) is 61.5 Å². The number of imide groups is 1. The molecule has 3 aromatic carbocycles. The Labute approximate surface area is 195 Å². The number of benzene rings is 3. The van der Waals surface area contributed by atoms with Gasteiger partial charge < -0.3 is 14.8 Å². The summed E-state index contributed by atoms with van der Waals surface area (Å²) in [6.07, 6.45) is 0. The molecule has 1 heterocycles. The molecule has 0 fully saturated rings. The molecule has 0 saturated carbocycles. The van der Waals surface area contributed by atoms with Crippen molar-refractivity contribution in [2.75, 3.05) is 17.3 Å². The van der Waals surface area contributed by atoms with Crippen LogP contribution in [0.2, 0.25) is 0 Å². The van der Waals surface area contributed by atoms with Crippen molar-refractivity contribution in [3.63, 3.8) is 0 Å². The number of esters is 1. The number of nitrogens with one attached hydrogen (secondary N) is 1. The lowest BCUT2D eigenvalue weighted by molar-refractivity contribution is -0.120. The highest BCUT2D eigenvalue weighted by molar-refractivity contribution is 6.53. The lowest BCUT2D eigenvalue weighted by Crippen LogP contribution is -2.32. The molecule has 1 aliphatic rings. The third-order valence-electron chi connectivity index (χ3n) is 5.05. The summed E-state index contributed by atoms with van der Waals surface area (Å²) in [6.45, 7) is 1.80. The van der Waals surface area contributed by atoms with E-state index in [4.69, 9.17) is 21.1 Å². The number of ether oxygens (including phenoxy) is 2. The largest absolute Gasteiger partial charge is 0.493 e. The lowest BCUT2D eigenvalue weighted by atomic mass is 10.2. The van der Waals surface area contributed by atoms with E-state index in [1.165, 1.54) is 19.2 Å². The number of carbonyl (C=O) groups excluding carboxylic acids is 3. The Morgan fingerprint density at radius 1 is 0.879 bits per heavy atom. The fourth-order valence-corrected chi connectivity index (χ4v) is 3.55. The minimum atomic E-state index is -0.601. The third-order valence-corrected chi connectivity index (χ3v) is 5.40. The van der Waals surface area contributed by atoms with Crippen LogP contribution in [-0.2, 0) is 9.59 Å². The highest BCUT2D eigenvalue weighted by Gasteiger charge is 2.39. The first-order valence-corrected chi connectivity index (χ1v) is 10.3. The molecule has 33 heavy (non-hydrogen) atoms. The van der Waals surface area contributed by atoms with Gasteiger partial charge in [0.25, 0.3) is 11.8 Å². The van der Waals surface area contributed by atoms with Crippen LogP contribution in [0.5, 0.6) is 11.5 Å². The highest BCUT2D eigenvalue weighted by atomic mass is 35.5. The van der Waals surface area contributed by atoms with Gasteiger partial charge in [0, 0.05) is 5.69 Å². The Hall–Kier alpha value is -4.10. The van der Waals surface area contributed by atoms with Crippen LogP contribution in [0.4, 0.5) is 11.4 Å². The summed E-state index contributed by atoms with van der Waals surface area (Å²) in [4.78, 5) is 39.1. The van der Waals surface area contributed by atoms with Crippen molar-refractivity contribution in [1.29, 1.82) is 0 Å². The number of amides is 2. The molecule has 4 rings (SSSR count). The number of rotatable bonds is 6. The van der Waals surface area contributed by atoms with Gasteiger partial charge in [-0.25, -0.2) is 9.69 Å². The first-order chi connectivity index (χ1) is 15.9. The predicted octanol–water partition coefficient (Wildman–Crippen LogP) is 4.66. The van der Waals surface area contributed by atoms with E-state index >= 15 is 0 Å². The number of nitrogens with zero attached hydrogens (tertiary/aromatic N) is 1. The van der Waals surface area contributed by atoms with Gasteiger partial charge in [-0.05, 0) is 55.0 Å². The number of hydrogen-bond donors (Lipinski definition) is 1. The number of hydrogen-bond acceptors (Lipinski definition) is 6. The summed E-state index contributed by atoms with van der Waals surface area (Å²) in [5.74, 6) is -0.987. The topological polar surface area (TPSA) is 84.9 Å². The summed E-state index contributed by atoms with van der Waals surface area (Å²) in [6, 6.07) is 20.1. The molecule has 3 aromatic rings. The summed E-state index contributed by atoms with van der Waals surface area (Å²) in [5.41, 5.74) is 1.97. The second-order valence-corrected chi connectivity index (χ2v) is 7.54. The van der Waals surface area contributed by atoms with Crippen LogP contribution in [0.3, 0.4) is 0 Å². The smallest absolute Gasteiger partial charge is 0.343 e. The van der Waals surface area contributed by atoms with Gasteiger partial charge in [0.15, 0.2) is 11.5 Å². The van der Waals surface area contributed by atoms with Crippen LogP contribution in [0, 0.1) is 6.92 Å². The van der Waals surface area contributed by atoms with Gasteiger partial charge >= 0.3 is 5.97 Å². The monoisotopic (exact) mass is 462 g/mol. The molecule has 7 nitrogen and oxygen atoms in total. The number of carbonyl (C=O) groups is 3. The molecule has 1 N–H and O–H groups in total. The predicted molar refractivity (Wildman–Crippen MR) is 125 cm³/mol. The van der Waals surface area contributed by atoms with Gasteiger partial charge in [0.05, 0.1) is 18.4 Å². The molecular weight excluding hydrogens is 444 g/mol. The Balaban J connectivity index is 1.50. The Morgan fingerprint density at radius 3 is 2.18 bits per heavy atom. The Bertz CT molecular complexity index is 1280. The molecule has 166 valence electrons. The van der Waals surface area contributed by atoms with Gasteiger partial charge in [-0.3, -0.25) is 9.59 Å². The molecule has 0 saturated heterocycles. The molecule has 0 aliphatic carbocycles. The highest BCUT2D eigenvalue weighted by Crippen LogP contribution is 2.32. The van der Waals surface area contributed by atoms with Crippen molar-refractivity contribution < 1.29 is 23.9 Å². The summed E-state index contributed by atoms with van der Waals surface area (Å²) < 4.78 is 10.6. The number of aryl methyl sites for hydroxylation is 1. The van der Waals surface area contributed by atoms with Crippen LogP contribution < -0.4 is 19.7 Å². The van der Waals surface area contributed by atoms with Gasteiger partial charge in [-0.1, -0.05) is 41.9 Å². The summed E-state index contributed by atoms with van der Waals surface area (Å²) in [7, 11) is 1.49. The molecular formula is C25H19ClN2O5. The van der Waals surface area contributed by atoms with E-state index in [2.05, 4.69) is 5.32 Å². The Morgan fingerprint density at radius 2 is 1.52 bits per heavy atom. The second kappa shape index (κ2) is 9.18. The van der Waals surface area contributed by atoms with Crippen molar-refractivity contribution in [3.8, 4) is 11.5 Å². The molecule has 0 atom stereocenters. The maximum absolute atomic E-state index is 12.9. The molecule has 8 heteroatoms. The third kappa shape index (κ3) is 4.31. The molecule has 0 radical (unpaired) electrons. The molecule has 0 bridgehead atoms. The Kier molecular flexibility index (Phi) is 6.15. The van der Waals surface area contributed by atoms with Crippen LogP contribution in [-0.4, -0.2) is 24.9 Å². The van der Waals surface area contributed by atoms with Crippen molar-refractivity contribution in [2.24, 2.45) is 0 Å². The van der Waals surface area contributed by atoms with Gasteiger partial charge in [-0.2, -0.15) is 0 Å². The zero-order chi connectivity index (χ0) is 23.5. The van der Waals surface area contributed by atoms with Crippen molar-refractivity contribution in [1.82, 2.24) is 0 Å². The second-order valence-electron chi connectivity index (χ2n) is 7.16. The number of para-hydroxylation sites is 3. The quantitative estimate of drug-likeness (QED) is 0.326. The van der Waals surface area contributed by atoms with E-state index in [-0.39, 0.29) is 10.7 Å². The minimum absolute atomic E-state index is 0.0331. The number of methoxy groups -OCH3 is 1. The zero-order valence-electron chi connectivity index (χ0n) is 17.8. The molecule has 0 aromatic heterocycles. The average molecular weight is 463 g/mol. The van der Waals surface area contributed by atoms with E-state index in [9.17, 15) is 14.4 Å². The van der Waals surface area contributed by atoms with Gasteiger partial charge in [0.1, 0.15) is 10.7 Å². The van der Waals surface area contributed by atoms with E-state index in [0.717, 1.165) is 10.5 Å². The SMILES string of the molecule is COc1ccccc1OC(=O)c1ccc(NC2=C(Cl)C(=O)N(c3ccccc3C)C2=O)cc1. The average Bonchev–Trinajstić information content (AvgIpc) is 3.03. The summed E-state index contributed by atoms with van der Waals surface area (Å²) in [5, 5.41) is 2.68. The van der Waals surface area contributed by atoms with Crippen molar-refractivity contribution in [2.45, 2.75) is 6.92 Å². The van der Waals surface area contributed by atoms with Crippen LogP contribution in [0.15, 0.2) is 83.5 Å². The standard InChI is InChI=1S/C25H19ClN2O5/c1-15-7-3-4-8-18(15)28-23(29)21(26)22(24(28)30)27-17-13-11-16(12-14-17)25(31)33-20-10-6-5-9-19(20)32-2/h3-14,27H,1-2H3. The molecule has 2 amide bonds. The summed E-state index contributed by atoms with van der Waals surface area (Å²) >= 11 is 6.19. The van der Waals surface area contributed by atoms with Crippen LogP contribution >= 0.6 is 11.6 Å².